The molecule has 6 nitrogen and oxygen atoms in total. The lowest BCUT2D eigenvalue weighted by Crippen LogP contribution is -2.46. The van der Waals surface area contributed by atoms with Gasteiger partial charge in [-0.3, -0.25) is 9.59 Å². The lowest BCUT2D eigenvalue weighted by molar-refractivity contribution is -0.141. The molecule has 6 heteroatoms. The summed E-state index contributed by atoms with van der Waals surface area (Å²) in [6.45, 7) is 1.74. The Hall–Kier alpha value is -2.34. The molecule has 1 aromatic heterocycles. The lowest BCUT2D eigenvalue weighted by Gasteiger charge is -2.16. The Labute approximate surface area is 129 Å². The number of carbonyl (C=O) groups excluding carboxylic acids is 2. The third-order valence-corrected chi connectivity index (χ3v) is 3.54. The summed E-state index contributed by atoms with van der Waals surface area (Å²) in [5.74, 6) is -0.639. The number of aromatic amines is 1. The van der Waals surface area contributed by atoms with Gasteiger partial charge in [-0.15, -0.1) is 0 Å². The van der Waals surface area contributed by atoms with Gasteiger partial charge < -0.3 is 20.8 Å². The molecule has 0 saturated carbocycles. The Balaban J connectivity index is 1.95. The third-order valence-electron chi connectivity index (χ3n) is 3.54. The zero-order valence-electron chi connectivity index (χ0n) is 12.8. The van der Waals surface area contributed by atoms with Gasteiger partial charge in [-0.1, -0.05) is 18.2 Å². The molecule has 0 bridgehead atoms. The number of fused-ring (bicyclic) bond motifs is 1. The normalized spacial score (nSPS) is 13.6. The fourth-order valence-electron chi connectivity index (χ4n) is 2.36. The molecule has 2 atom stereocenters. The molecule has 1 amide bonds. The van der Waals surface area contributed by atoms with Crippen LogP contribution in [0.15, 0.2) is 30.5 Å². The average Bonchev–Trinajstić information content (AvgIpc) is 2.90. The molecular weight excluding hydrogens is 282 g/mol. The van der Waals surface area contributed by atoms with Gasteiger partial charge in [0.05, 0.1) is 19.6 Å². The maximum atomic E-state index is 12.1. The Kier molecular flexibility index (Phi) is 5.16. The van der Waals surface area contributed by atoms with E-state index >= 15 is 0 Å². The van der Waals surface area contributed by atoms with E-state index in [1.54, 1.807) is 6.92 Å². The molecule has 0 aliphatic rings. The number of amides is 1. The number of ether oxygens (including phenoxy) is 1. The van der Waals surface area contributed by atoms with E-state index in [9.17, 15) is 9.59 Å². The highest BCUT2D eigenvalue weighted by Crippen LogP contribution is 2.18. The van der Waals surface area contributed by atoms with Crippen LogP contribution in [0, 0.1) is 0 Å². The van der Waals surface area contributed by atoms with Crippen molar-refractivity contribution in [1.29, 1.82) is 0 Å². The molecule has 0 aliphatic heterocycles. The first-order valence-electron chi connectivity index (χ1n) is 7.19. The second-order valence-corrected chi connectivity index (χ2v) is 5.36. The van der Waals surface area contributed by atoms with E-state index in [2.05, 4.69) is 15.0 Å². The van der Waals surface area contributed by atoms with Crippen molar-refractivity contribution in [2.45, 2.75) is 31.8 Å². The average molecular weight is 303 g/mol. The molecule has 1 aromatic carbocycles. The molecular formula is C16H21N3O3. The number of nitrogens with one attached hydrogen (secondary N) is 2. The van der Waals surface area contributed by atoms with Crippen LogP contribution in [-0.4, -0.2) is 36.1 Å². The standard InChI is InChI=1S/C16H21N3O3/c1-10(7-15(20)22-2)19-16(21)13(17)8-11-9-18-14-6-4-3-5-12(11)14/h3-6,9-10,13,18H,7-8,17H2,1-2H3,(H,19,21)/t10?,13-/m0/s1. The fourth-order valence-corrected chi connectivity index (χ4v) is 2.36. The van der Waals surface area contributed by atoms with Crippen molar-refractivity contribution in [2.24, 2.45) is 5.73 Å². The smallest absolute Gasteiger partial charge is 0.307 e. The monoisotopic (exact) mass is 303 g/mol. The first-order chi connectivity index (χ1) is 10.5. The molecule has 0 aliphatic carbocycles. The van der Waals surface area contributed by atoms with Crippen LogP contribution >= 0.6 is 0 Å². The highest BCUT2D eigenvalue weighted by molar-refractivity contribution is 5.86. The van der Waals surface area contributed by atoms with Gasteiger partial charge in [-0.2, -0.15) is 0 Å². The number of para-hydroxylation sites is 1. The number of rotatable bonds is 6. The predicted molar refractivity (Wildman–Crippen MR) is 84.2 cm³/mol. The number of hydrogen-bond donors (Lipinski definition) is 3. The first kappa shape index (κ1) is 16.0. The van der Waals surface area contributed by atoms with E-state index < -0.39 is 6.04 Å². The van der Waals surface area contributed by atoms with E-state index in [4.69, 9.17) is 5.73 Å². The van der Waals surface area contributed by atoms with Crippen molar-refractivity contribution in [3.63, 3.8) is 0 Å². The number of methoxy groups -OCH3 is 1. The fraction of sp³-hybridized carbons (Fsp3) is 0.375. The first-order valence-corrected chi connectivity index (χ1v) is 7.19. The van der Waals surface area contributed by atoms with E-state index in [0.29, 0.717) is 6.42 Å². The van der Waals surface area contributed by atoms with Crippen LogP contribution in [-0.2, 0) is 20.7 Å². The number of carbonyl (C=O) groups is 2. The van der Waals surface area contributed by atoms with Gasteiger partial charge in [0.15, 0.2) is 0 Å². The summed E-state index contributed by atoms with van der Waals surface area (Å²) in [5, 5.41) is 3.79. The Morgan fingerprint density at radius 3 is 2.82 bits per heavy atom. The van der Waals surface area contributed by atoms with E-state index in [1.165, 1.54) is 7.11 Å². The highest BCUT2D eigenvalue weighted by Gasteiger charge is 2.19. The molecule has 118 valence electrons. The van der Waals surface area contributed by atoms with Gasteiger partial charge in [0, 0.05) is 23.1 Å². The van der Waals surface area contributed by atoms with Gasteiger partial charge in [-0.25, -0.2) is 0 Å². The summed E-state index contributed by atoms with van der Waals surface area (Å²) in [4.78, 5) is 26.4. The van der Waals surface area contributed by atoms with Crippen molar-refractivity contribution in [2.75, 3.05) is 7.11 Å². The van der Waals surface area contributed by atoms with Gasteiger partial charge >= 0.3 is 5.97 Å². The zero-order valence-corrected chi connectivity index (χ0v) is 12.8. The van der Waals surface area contributed by atoms with Crippen LogP contribution in [0.5, 0.6) is 0 Å². The van der Waals surface area contributed by atoms with Crippen LogP contribution < -0.4 is 11.1 Å². The number of H-pyrrole nitrogens is 1. The van der Waals surface area contributed by atoms with E-state index in [0.717, 1.165) is 16.5 Å². The predicted octanol–water partition coefficient (Wildman–Crippen LogP) is 1.11. The highest BCUT2D eigenvalue weighted by atomic mass is 16.5. The molecule has 0 spiro atoms. The van der Waals surface area contributed by atoms with Crippen molar-refractivity contribution >= 4 is 22.8 Å². The van der Waals surface area contributed by atoms with Crippen LogP contribution in [0.3, 0.4) is 0 Å². The second-order valence-electron chi connectivity index (χ2n) is 5.36. The molecule has 0 radical (unpaired) electrons. The second kappa shape index (κ2) is 7.09. The lowest BCUT2D eigenvalue weighted by atomic mass is 10.0. The minimum atomic E-state index is -0.667. The quantitative estimate of drug-likeness (QED) is 0.696. The third kappa shape index (κ3) is 3.85. The van der Waals surface area contributed by atoms with Crippen molar-refractivity contribution in [1.82, 2.24) is 10.3 Å². The van der Waals surface area contributed by atoms with Gasteiger partial charge in [-0.05, 0) is 25.0 Å². The molecule has 1 heterocycles. The van der Waals surface area contributed by atoms with Crippen LogP contribution in [0.4, 0.5) is 0 Å². The summed E-state index contributed by atoms with van der Waals surface area (Å²) in [7, 11) is 1.32. The van der Waals surface area contributed by atoms with Crippen LogP contribution in [0.1, 0.15) is 18.9 Å². The Morgan fingerprint density at radius 2 is 2.09 bits per heavy atom. The number of nitrogens with two attached hydrogens (primary N) is 1. The molecule has 0 fully saturated rings. The van der Waals surface area contributed by atoms with Crippen molar-refractivity contribution in [3.8, 4) is 0 Å². The summed E-state index contributed by atoms with van der Waals surface area (Å²) in [5.41, 5.74) is 7.99. The molecule has 2 aromatic rings. The maximum Gasteiger partial charge on any atom is 0.307 e. The number of benzene rings is 1. The summed E-state index contributed by atoms with van der Waals surface area (Å²) >= 11 is 0. The Morgan fingerprint density at radius 1 is 1.36 bits per heavy atom. The number of hydrogen-bond acceptors (Lipinski definition) is 4. The van der Waals surface area contributed by atoms with Gasteiger partial charge in [0.2, 0.25) is 5.91 Å². The minimum Gasteiger partial charge on any atom is -0.469 e. The zero-order chi connectivity index (χ0) is 16.1. The summed E-state index contributed by atoms with van der Waals surface area (Å²) in [6.07, 6.45) is 2.43. The van der Waals surface area contributed by atoms with E-state index in [1.807, 2.05) is 30.5 Å². The van der Waals surface area contributed by atoms with Crippen molar-refractivity contribution < 1.29 is 14.3 Å². The van der Waals surface area contributed by atoms with Gasteiger partial charge in [0.1, 0.15) is 0 Å². The largest absolute Gasteiger partial charge is 0.469 e. The van der Waals surface area contributed by atoms with Crippen LogP contribution in [0.2, 0.25) is 0 Å². The number of aromatic nitrogens is 1. The SMILES string of the molecule is COC(=O)CC(C)NC(=O)[C@@H](N)Cc1c[nH]c2ccccc12. The maximum absolute atomic E-state index is 12.1. The van der Waals surface area contributed by atoms with E-state index in [-0.39, 0.29) is 24.3 Å². The summed E-state index contributed by atoms with van der Waals surface area (Å²) < 4.78 is 4.57. The topological polar surface area (TPSA) is 97.2 Å². The number of esters is 1. The molecule has 2 rings (SSSR count). The van der Waals surface area contributed by atoms with Crippen molar-refractivity contribution in [3.05, 3.63) is 36.0 Å². The molecule has 1 unspecified atom stereocenters. The Bertz CT molecular complexity index is 665. The summed E-state index contributed by atoms with van der Waals surface area (Å²) in [6, 6.07) is 6.88. The molecule has 0 saturated heterocycles. The van der Waals surface area contributed by atoms with Crippen LogP contribution in [0.25, 0.3) is 10.9 Å². The molecule has 4 N–H and O–H groups in total. The molecule has 22 heavy (non-hydrogen) atoms. The minimum absolute atomic E-state index is 0.127. The van der Waals surface area contributed by atoms with Gasteiger partial charge in [0.25, 0.3) is 0 Å².